The van der Waals surface area contributed by atoms with Crippen molar-refractivity contribution in [1.82, 2.24) is 14.7 Å². The summed E-state index contributed by atoms with van der Waals surface area (Å²) in [4.78, 5) is 33.0. The number of carbonyl (C=O) groups is 2. The third kappa shape index (κ3) is 7.64. The molecule has 2 amide bonds. The zero-order valence-electron chi connectivity index (χ0n) is 20.8. The van der Waals surface area contributed by atoms with Gasteiger partial charge in [0.1, 0.15) is 12.4 Å². The molecule has 1 saturated heterocycles. The van der Waals surface area contributed by atoms with Crippen molar-refractivity contribution in [2.75, 3.05) is 32.7 Å². The Morgan fingerprint density at radius 2 is 1.66 bits per heavy atom. The van der Waals surface area contributed by atoms with Crippen molar-refractivity contribution in [3.63, 3.8) is 0 Å². The van der Waals surface area contributed by atoms with Gasteiger partial charge in [-0.15, -0.1) is 11.3 Å². The fourth-order valence-corrected chi connectivity index (χ4v) is 5.15. The Kier molecular flexibility index (Phi) is 9.17. The second kappa shape index (κ2) is 12.5. The van der Waals surface area contributed by atoms with Crippen LogP contribution in [-0.4, -0.2) is 59.2 Å². The summed E-state index contributed by atoms with van der Waals surface area (Å²) in [7, 11) is 0. The van der Waals surface area contributed by atoms with Crippen molar-refractivity contribution in [2.45, 2.75) is 32.1 Å². The largest absolute Gasteiger partial charge is 0.416 e. The van der Waals surface area contributed by atoms with Gasteiger partial charge in [0.15, 0.2) is 0 Å². The molecule has 0 unspecified atom stereocenters. The van der Waals surface area contributed by atoms with Gasteiger partial charge in [0.2, 0.25) is 5.91 Å². The van der Waals surface area contributed by atoms with Crippen LogP contribution in [0.1, 0.15) is 39.2 Å². The first-order chi connectivity index (χ1) is 18.2. The monoisotopic (exact) mass is 547 g/mol. The number of amides is 2. The number of halogens is 4. The summed E-state index contributed by atoms with van der Waals surface area (Å²) in [6.07, 6.45) is -2.49. The maximum absolute atomic E-state index is 13.6. The maximum Gasteiger partial charge on any atom is 0.416 e. The van der Waals surface area contributed by atoms with Crippen molar-refractivity contribution in [3.05, 3.63) is 93.4 Å². The molecule has 1 aliphatic rings. The molecule has 38 heavy (non-hydrogen) atoms. The van der Waals surface area contributed by atoms with Gasteiger partial charge in [-0.3, -0.25) is 9.59 Å². The van der Waals surface area contributed by atoms with Crippen LogP contribution in [-0.2, 0) is 24.1 Å². The van der Waals surface area contributed by atoms with Gasteiger partial charge >= 0.3 is 6.18 Å². The molecule has 2 aromatic carbocycles. The van der Waals surface area contributed by atoms with Crippen LogP contribution in [0, 0.1) is 5.82 Å². The summed E-state index contributed by atoms with van der Waals surface area (Å²) in [5.74, 6) is -1.35. The average molecular weight is 548 g/mol. The number of hydrogen-bond acceptors (Lipinski definition) is 4. The first kappa shape index (κ1) is 27.8. The number of benzene rings is 2. The van der Waals surface area contributed by atoms with Crippen LogP contribution < -0.4 is 0 Å². The highest BCUT2D eigenvalue weighted by atomic mass is 32.1. The second-order valence-electron chi connectivity index (χ2n) is 9.31. The summed E-state index contributed by atoms with van der Waals surface area (Å²) in [5, 5.41) is 1.90. The van der Waals surface area contributed by atoms with Crippen LogP contribution in [0.3, 0.4) is 0 Å². The number of alkyl halides is 3. The van der Waals surface area contributed by atoms with Crippen LogP contribution >= 0.6 is 11.3 Å². The zero-order valence-corrected chi connectivity index (χ0v) is 21.6. The van der Waals surface area contributed by atoms with E-state index in [1.54, 1.807) is 17.0 Å². The lowest BCUT2D eigenvalue weighted by Crippen LogP contribution is -2.45. The first-order valence-corrected chi connectivity index (χ1v) is 13.3. The molecule has 0 bridgehead atoms. The predicted molar refractivity (Wildman–Crippen MR) is 138 cm³/mol. The standard InChI is InChI=1S/C28H29F4N3O2S/c29-24-10-8-21(9-11-24)18-35(19-25-7-4-16-38-25)26(36)20-34(15-14-33-12-1-2-13-33)27(37)22-5-3-6-23(17-22)28(30,31)32/h3-11,16-17H,1-2,12-15,18-20H2. The summed E-state index contributed by atoms with van der Waals surface area (Å²) in [6.45, 7) is 2.73. The predicted octanol–water partition coefficient (Wildman–Crippen LogP) is 5.67. The minimum absolute atomic E-state index is 0.114. The van der Waals surface area contributed by atoms with E-state index in [0.717, 1.165) is 48.5 Å². The molecular formula is C28H29F4N3O2S. The van der Waals surface area contributed by atoms with E-state index in [9.17, 15) is 27.2 Å². The van der Waals surface area contributed by atoms with Gasteiger partial charge in [-0.1, -0.05) is 24.3 Å². The molecule has 1 aliphatic heterocycles. The molecule has 0 saturated carbocycles. The number of likely N-dealkylation sites (tertiary alicyclic amines) is 1. The van der Waals surface area contributed by atoms with E-state index in [1.807, 2.05) is 17.5 Å². The maximum atomic E-state index is 13.6. The lowest BCUT2D eigenvalue weighted by Gasteiger charge is -2.29. The summed E-state index contributed by atoms with van der Waals surface area (Å²) in [6, 6.07) is 13.9. The Morgan fingerprint density at radius 3 is 2.32 bits per heavy atom. The second-order valence-corrected chi connectivity index (χ2v) is 10.3. The number of nitrogens with zero attached hydrogens (tertiary/aromatic N) is 3. The van der Waals surface area contributed by atoms with E-state index in [0.29, 0.717) is 13.1 Å². The van der Waals surface area contributed by atoms with Crippen LogP contribution in [0.5, 0.6) is 0 Å². The van der Waals surface area contributed by atoms with E-state index < -0.39 is 17.6 Å². The Balaban J connectivity index is 1.56. The van der Waals surface area contributed by atoms with Crippen molar-refractivity contribution in [1.29, 1.82) is 0 Å². The van der Waals surface area contributed by atoms with E-state index >= 15 is 0 Å². The molecule has 0 N–H and O–H groups in total. The highest BCUT2D eigenvalue weighted by molar-refractivity contribution is 7.09. The van der Waals surface area contributed by atoms with Crippen molar-refractivity contribution >= 4 is 23.2 Å². The van der Waals surface area contributed by atoms with Crippen LogP contribution in [0.25, 0.3) is 0 Å². The molecule has 1 fully saturated rings. The van der Waals surface area contributed by atoms with Crippen LogP contribution in [0.2, 0.25) is 0 Å². The third-order valence-electron chi connectivity index (χ3n) is 6.50. The molecule has 4 rings (SSSR count). The topological polar surface area (TPSA) is 43.9 Å². The molecule has 10 heteroatoms. The normalized spacial score (nSPS) is 14.0. The number of carbonyl (C=O) groups excluding carboxylic acids is 2. The Hall–Kier alpha value is -3.24. The van der Waals surface area contributed by atoms with Crippen LogP contribution in [0.4, 0.5) is 17.6 Å². The van der Waals surface area contributed by atoms with Gasteiger partial charge < -0.3 is 14.7 Å². The number of hydrogen-bond donors (Lipinski definition) is 0. The molecule has 3 aromatic rings. The molecule has 0 radical (unpaired) electrons. The Bertz CT molecular complexity index is 1210. The van der Waals surface area contributed by atoms with Crippen molar-refractivity contribution < 1.29 is 27.2 Å². The molecule has 1 aromatic heterocycles. The Morgan fingerprint density at radius 1 is 0.921 bits per heavy atom. The van der Waals surface area contributed by atoms with Crippen LogP contribution in [0.15, 0.2) is 66.0 Å². The minimum atomic E-state index is -4.58. The van der Waals surface area contributed by atoms with Gasteiger partial charge in [-0.05, 0) is 73.3 Å². The third-order valence-corrected chi connectivity index (χ3v) is 7.36. The molecule has 0 spiro atoms. The highest BCUT2D eigenvalue weighted by Crippen LogP contribution is 2.30. The fraction of sp³-hybridized carbons (Fsp3) is 0.357. The highest BCUT2D eigenvalue weighted by Gasteiger charge is 2.32. The minimum Gasteiger partial charge on any atom is -0.332 e. The lowest BCUT2D eigenvalue weighted by atomic mass is 10.1. The first-order valence-electron chi connectivity index (χ1n) is 12.4. The summed E-state index contributed by atoms with van der Waals surface area (Å²) >= 11 is 1.49. The fourth-order valence-electron chi connectivity index (χ4n) is 4.43. The van der Waals surface area contributed by atoms with Gasteiger partial charge in [0.25, 0.3) is 5.91 Å². The van der Waals surface area contributed by atoms with E-state index in [1.165, 1.54) is 40.5 Å². The van der Waals surface area contributed by atoms with E-state index in [4.69, 9.17) is 0 Å². The quantitative estimate of drug-likeness (QED) is 0.307. The molecule has 0 atom stereocenters. The van der Waals surface area contributed by atoms with Crippen molar-refractivity contribution in [2.24, 2.45) is 0 Å². The molecule has 2 heterocycles. The van der Waals surface area contributed by atoms with E-state index in [2.05, 4.69) is 4.90 Å². The smallest absolute Gasteiger partial charge is 0.332 e. The Labute approximate surface area is 223 Å². The van der Waals surface area contributed by atoms with Gasteiger partial charge in [0, 0.05) is 30.1 Å². The van der Waals surface area contributed by atoms with E-state index in [-0.39, 0.29) is 36.9 Å². The van der Waals surface area contributed by atoms with Gasteiger partial charge in [0.05, 0.1) is 12.1 Å². The molecular weight excluding hydrogens is 518 g/mol. The van der Waals surface area contributed by atoms with Gasteiger partial charge in [-0.25, -0.2) is 4.39 Å². The summed E-state index contributed by atoms with van der Waals surface area (Å²) < 4.78 is 53.3. The summed E-state index contributed by atoms with van der Waals surface area (Å²) in [5.41, 5.74) is -0.300. The molecule has 202 valence electrons. The lowest BCUT2D eigenvalue weighted by molar-refractivity contribution is -0.137. The number of rotatable bonds is 10. The van der Waals surface area contributed by atoms with Crippen molar-refractivity contribution in [3.8, 4) is 0 Å². The van der Waals surface area contributed by atoms with Gasteiger partial charge in [-0.2, -0.15) is 13.2 Å². The average Bonchev–Trinajstić information content (AvgIpc) is 3.61. The molecule has 0 aliphatic carbocycles. The molecule has 5 nitrogen and oxygen atoms in total. The zero-order chi connectivity index (χ0) is 27.1. The number of thiophene rings is 1. The SMILES string of the molecule is O=C(CN(CCN1CCCC1)C(=O)c1cccc(C(F)(F)F)c1)N(Cc1ccc(F)cc1)Cc1cccs1.